The minimum absolute atomic E-state index is 0.455. The van der Waals surface area contributed by atoms with Gasteiger partial charge in [0.2, 0.25) is 0 Å². The summed E-state index contributed by atoms with van der Waals surface area (Å²) in [5.41, 5.74) is 4.67. The second-order valence-corrected chi connectivity index (χ2v) is 5.84. The van der Waals surface area contributed by atoms with E-state index in [0.29, 0.717) is 6.04 Å². The van der Waals surface area contributed by atoms with Gasteiger partial charge < -0.3 is 0 Å². The lowest BCUT2D eigenvalue weighted by molar-refractivity contribution is 0.310. The Kier molecular flexibility index (Phi) is 5.53. The SMILES string of the molecule is NNC(CC1CCCCC1)C1=CCCCCC1. The summed E-state index contributed by atoms with van der Waals surface area (Å²) < 4.78 is 0. The Morgan fingerprint density at radius 1 is 1.12 bits per heavy atom. The fraction of sp³-hybridized carbons (Fsp3) is 0.867. The van der Waals surface area contributed by atoms with Crippen LogP contribution in [0.3, 0.4) is 0 Å². The van der Waals surface area contributed by atoms with E-state index in [9.17, 15) is 0 Å². The maximum atomic E-state index is 5.78. The van der Waals surface area contributed by atoms with Gasteiger partial charge in [0.1, 0.15) is 0 Å². The van der Waals surface area contributed by atoms with Gasteiger partial charge in [-0.3, -0.25) is 11.3 Å². The monoisotopic (exact) mass is 236 g/mol. The van der Waals surface area contributed by atoms with Crippen molar-refractivity contribution in [3.63, 3.8) is 0 Å². The first-order valence-corrected chi connectivity index (χ1v) is 7.55. The zero-order valence-corrected chi connectivity index (χ0v) is 11.1. The average molecular weight is 236 g/mol. The van der Waals surface area contributed by atoms with Crippen LogP contribution in [-0.2, 0) is 0 Å². The highest BCUT2D eigenvalue weighted by Crippen LogP contribution is 2.30. The van der Waals surface area contributed by atoms with Gasteiger partial charge in [0.25, 0.3) is 0 Å². The Balaban J connectivity index is 1.87. The topological polar surface area (TPSA) is 38.0 Å². The third-order valence-corrected chi connectivity index (χ3v) is 4.52. The molecule has 2 aliphatic rings. The van der Waals surface area contributed by atoms with E-state index in [0.717, 1.165) is 5.92 Å². The predicted octanol–water partition coefficient (Wildman–Crippen LogP) is 3.68. The van der Waals surface area contributed by atoms with Crippen molar-refractivity contribution in [2.24, 2.45) is 11.8 Å². The van der Waals surface area contributed by atoms with Crippen molar-refractivity contribution in [1.82, 2.24) is 5.43 Å². The molecular weight excluding hydrogens is 208 g/mol. The Hall–Kier alpha value is -0.340. The number of hydrogen-bond donors (Lipinski definition) is 2. The molecule has 2 aliphatic carbocycles. The molecule has 1 fully saturated rings. The van der Waals surface area contributed by atoms with Crippen molar-refractivity contribution in [2.45, 2.75) is 76.7 Å². The van der Waals surface area contributed by atoms with Crippen molar-refractivity contribution in [2.75, 3.05) is 0 Å². The summed E-state index contributed by atoms with van der Waals surface area (Å²) in [6, 6.07) is 0.455. The van der Waals surface area contributed by atoms with Crippen LogP contribution in [0.25, 0.3) is 0 Å². The van der Waals surface area contributed by atoms with Crippen molar-refractivity contribution >= 4 is 0 Å². The van der Waals surface area contributed by atoms with E-state index in [-0.39, 0.29) is 0 Å². The van der Waals surface area contributed by atoms with E-state index >= 15 is 0 Å². The quantitative estimate of drug-likeness (QED) is 0.444. The molecule has 1 atom stereocenters. The average Bonchev–Trinajstić information content (AvgIpc) is 2.66. The molecule has 0 spiro atoms. The number of nitrogens with one attached hydrogen (secondary N) is 1. The van der Waals surface area contributed by atoms with Crippen LogP contribution in [-0.4, -0.2) is 6.04 Å². The molecule has 0 bridgehead atoms. The molecule has 98 valence electrons. The van der Waals surface area contributed by atoms with Gasteiger partial charge in [-0.05, 0) is 38.0 Å². The van der Waals surface area contributed by atoms with E-state index < -0.39 is 0 Å². The second-order valence-electron chi connectivity index (χ2n) is 5.84. The summed E-state index contributed by atoms with van der Waals surface area (Å²) in [6.07, 6.45) is 17.5. The van der Waals surface area contributed by atoms with Gasteiger partial charge in [-0.2, -0.15) is 0 Å². The summed E-state index contributed by atoms with van der Waals surface area (Å²) in [5, 5.41) is 0. The number of hydrogen-bond acceptors (Lipinski definition) is 2. The van der Waals surface area contributed by atoms with E-state index in [4.69, 9.17) is 5.84 Å². The van der Waals surface area contributed by atoms with Crippen LogP contribution in [0.4, 0.5) is 0 Å². The highest BCUT2D eigenvalue weighted by Gasteiger charge is 2.21. The van der Waals surface area contributed by atoms with Gasteiger partial charge in [-0.15, -0.1) is 0 Å². The van der Waals surface area contributed by atoms with Crippen LogP contribution in [0, 0.1) is 5.92 Å². The standard InChI is InChI=1S/C15H28N2/c16-17-15(12-13-8-4-3-5-9-13)14-10-6-1-2-7-11-14/h10,13,15,17H,1-9,11-12,16H2. The number of nitrogens with two attached hydrogens (primary N) is 1. The maximum absolute atomic E-state index is 5.78. The lowest BCUT2D eigenvalue weighted by atomic mass is 9.83. The summed E-state index contributed by atoms with van der Waals surface area (Å²) in [6.45, 7) is 0. The summed E-state index contributed by atoms with van der Waals surface area (Å²) in [5.74, 6) is 6.69. The lowest BCUT2D eigenvalue weighted by Gasteiger charge is -2.27. The first kappa shape index (κ1) is 13.1. The summed E-state index contributed by atoms with van der Waals surface area (Å²) >= 11 is 0. The normalized spacial score (nSPS) is 25.1. The largest absolute Gasteiger partial charge is 0.271 e. The number of rotatable bonds is 4. The molecule has 0 aromatic heterocycles. The van der Waals surface area contributed by atoms with Crippen LogP contribution < -0.4 is 11.3 Å². The maximum Gasteiger partial charge on any atom is 0.0422 e. The molecule has 0 amide bonds. The minimum atomic E-state index is 0.455. The summed E-state index contributed by atoms with van der Waals surface area (Å²) in [7, 11) is 0. The van der Waals surface area contributed by atoms with Crippen molar-refractivity contribution in [3.05, 3.63) is 11.6 Å². The van der Waals surface area contributed by atoms with Gasteiger partial charge >= 0.3 is 0 Å². The Morgan fingerprint density at radius 3 is 2.65 bits per heavy atom. The molecule has 2 nitrogen and oxygen atoms in total. The minimum Gasteiger partial charge on any atom is -0.271 e. The molecule has 0 saturated heterocycles. The highest BCUT2D eigenvalue weighted by atomic mass is 15.2. The van der Waals surface area contributed by atoms with Gasteiger partial charge in [0, 0.05) is 6.04 Å². The molecule has 2 rings (SSSR count). The molecular formula is C15H28N2. The molecule has 2 heteroatoms. The molecule has 0 aromatic rings. The van der Waals surface area contributed by atoms with Gasteiger partial charge in [0.15, 0.2) is 0 Å². The van der Waals surface area contributed by atoms with E-state index in [1.54, 1.807) is 5.57 Å². The zero-order valence-electron chi connectivity index (χ0n) is 11.1. The van der Waals surface area contributed by atoms with Crippen LogP contribution in [0.1, 0.15) is 70.6 Å². The molecule has 0 radical (unpaired) electrons. The van der Waals surface area contributed by atoms with Crippen LogP contribution in [0.5, 0.6) is 0 Å². The smallest absolute Gasteiger partial charge is 0.0422 e. The molecule has 0 aliphatic heterocycles. The fourth-order valence-electron chi connectivity index (χ4n) is 3.44. The third kappa shape index (κ3) is 4.11. The van der Waals surface area contributed by atoms with E-state index in [1.807, 2.05) is 0 Å². The Morgan fingerprint density at radius 2 is 1.88 bits per heavy atom. The molecule has 0 heterocycles. The predicted molar refractivity (Wildman–Crippen MR) is 73.5 cm³/mol. The molecule has 1 unspecified atom stereocenters. The van der Waals surface area contributed by atoms with Gasteiger partial charge in [-0.25, -0.2) is 0 Å². The van der Waals surface area contributed by atoms with Crippen molar-refractivity contribution in [3.8, 4) is 0 Å². The van der Waals surface area contributed by atoms with E-state index in [2.05, 4.69) is 11.5 Å². The molecule has 0 aromatic carbocycles. The van der Waals surface area contributed by atoms with Gasteiger partial charge in [0.05, 0.1) is 0 Å². The zero-order chi connectivity index (χ0) is 11.9. The molecule has 17 heavy (non-hydrogen) atoms. The molecule has 3 N–H and O–H groups in total. The van der Waals surface area contributed by atoms with E-state index in [1.165, 1.54) is 70.6 Å². The van der Waals surface area contributed by atoms with Crippen LogP contribution in [0.2, 0.25) is 0 Å². The second kappa shape index (κ2) is 7.17. The fourth-order valence-corrected chi connectivity index (χ4v) is 3.44. The number of allylic oxidation sites excluding steroid dienone is 1. The molecule has 1 saturated carbocycles. The Bertz CT molecular complexity index is 241. The van der Waals surface area contributed by atoms with Gasteiger partial charge in [-0.1, -0.05) is 50.2 Å². The van der Waals surface area contributed by atoms with Crippen LogP contribution >= 0.6 is 0 Å². The number of hydrazine groups is 1. The van der Waals surface area contributed by atoms with Crippen LogP contribution in [0.15, 0.2) is 11.6 Å². The highest BCUT2D eigenvalue weighted by molar-refractivity contribution is 5.12. The third-order valence-electron chi connectivity index (χ3n) is 4.52. The Labute approximate surface area is 106 Å². The first-order valence-electron chi connectivity index (χ1n) is 7.55. The van der Waals surface area contributed by atoms with Crippen molar-refractivity contribution in [1.29, 1.82) is 0 Å². The first-order chi connectivity index (χ1) is 8.40. The van der Waals surface area contributed by atoms with Crippen molar-refractivity contribution < 1.29 is 0 Å². The lowest BCUT2D eigenvalue weighted by Crippen LogP contribution is -2.38. The summed E-state index contributed by atoms with van der Waals surface area (Å²) in [4.78, 5) is 0.